The highest BCUT2D eigenvalue weighted by Crippen LogP contribution is 2.34. The van der Waals surface area contributed by atoms with Crippen molar-refractivity contribution >= 4 is 28.7 Å². The summed E-state index contributed by atoms with van der Waals surface area (Å²) in [6.07, 6.45) is 6.69. The van der Waals surface area contributed by atoms with Crippen LogP contribution in [0.25, 0.3) is 17.0 Å². The number of pyridine rings is 3. The standard InChI is InChI=1S/C27H29FN8O2/c1-27(2,38)21-15-35(10-9-34(21)3)16-6-7-22(29-11-16)33-19-13-30-24(17-12-32-26(37)23(17)19)20-14-31-25-18(28)5-4-8-36(20)25/h4-8,11,13-14,21,38H,9-10,12,15H2,1-3H3,(H,29,33)(H,32,37)/t21-/m0/s1. The quantitative estimate of drug-likeness (QED) is 0.372. The van der Waals surface area contributed by atoms with Gasteiger partial charge in [0.05, 0.1) is 58.6 Å². The Morgan fingerprint density at radius 2 is 1.97 bits per heavy atom. The van der Waals surface area contributed by atoms with Gasteiger partial charge in [0.15, 0.2) is 11.5 Å². The van der Waals surface area contributed by atoms with Crippen LogP contribution in [0.1, 0.15) is 29.8 Å². The number of anilines is 3. The minimum Gasteiger partial charge on any atom is -0.389 e. The van der Waals surface area contributed by atoms with E-state index < -0.39 is 11.4 Å². The average molecular weight is 517 g/mol. The smallest absolute Gasteiger partial charge is 0.254 e. The lowest BCUT2D eigenvalue weighted by Crippen LogP contribution is -2.59. The van der Waals surface area contributed by atoms with Crippen molar-refractivity contribution in [1.82, 2.24) is 29.6 Å². The summed E-state index contributed by atoms with van der Waals surface area (Å²) in [7, 11) is 2.03. The zero-order chi connectivity index (χ0) is 26.6. The molecule has 6 rings (SSSR count). The van der Waals surface area contributed by atoms with E-state index in [0.717, 1.165) is 24.3 Å². The molecule has 2 aliphatic heterocycles. The summed E-state index contributed by atoms with van der Waals surface area (Å²) in [6, 6.07) is 6.82. The van der Waals surface area contributed by atoms with E-state index in [0.29, 0.717) is 41.5 Å². The number of aromatic nitrogens is 4. The summed E-state index contributed by atoms with van der Waals surface area (Å²) in [5.41, 5.74) is 3.28. The van der Waals surface area contributed by atoms with E-state index in [2.05, 4.69) is 35.4 Å². The van der Waals surface area contributed by atoms with Gasteiger partial charge in [-0.2, -0.15) is 0 Å². The molecule has 196 valence electrons. The van der Waals surface area contributed by atoms with Crippen LogP contribution in [0, 0.1) is 5.82 Å². The molecule has 10 nitrogen and oxygen atoms in total. The SMILES string of the molecule is CN1CCN(c2ccc(Nc3cnc(-c4cnc5c(F)cccn45)c4c3C(=O)NC4)nc2)C[C@H]1C(C)(C)O. The fourth-order valence-corrected chi connectivity index (χ4v) is 5.36. The zero-order valence-corrected chi connectivity index (χ0v) is 21.4. The van der Waals surface area contributed by atoms with Crippen LogP contribution in [-0.4, -0.2) is 73.6 Å². The molecule has 4 aromatic rings. The molecule has 38 heavy (non-hydrogen) atoms. The van der Waals surface area contributed by atoms with Crippen LogP contribution in [0.15, 0.2) is 49.1 Å². The number of likely N-dealkylation sites (N-methyl/N-ethyl adjacent to an activating group) is 1. The molecule has 0 spiro atoms. The van der Waals surface area contributed by atoms with Crippen LogP contribution >= 0.6 is 0 Å². The number of halogens is 1. The van der Waals surface area contributed by atoms with Crippen molar-refractivity contribution in [2.24, 2.45) is 0 Å². The predicted octanol–water partition coefficient (Wildman–Crippen LogP) is 2.81. The molecular weight excluding hydrogens is 487 g/mol. The summed E-state index contributed by atoms with van der Waals surface area (Å²) in [6.45, 7) is 6.36. The maximum atomic E-state index is 14.2. The average Bonchev–Trinajstić information content (AvgIpc) is 3.50. The number of hydrogen-bond donors (Lipinski definition) is 3. The highest BCUT2D eigenvalue weighted by molar-refractivity contribution is 6.05. The molecule has 1 amide bonds. The second kappa shape index (κ2) is 9.03. The summed E-state index contributed by atoms with van der Waals surface area (Å²) in [4.78, 5) is 30.6. The first-order chi connectivity index (χ1) is 18.2. The number of carbonyl (C=O) groups is 1. The Hall–Kier alpha value is -4.09. The Bertz CT molecular complexity index is 1530. The van der Waals surface area contributed by atoms with Gasteiger partial charge in [-0.3, -0.25) is 19.1 Å². The van der Waals surface area contributed by atoms with Crippen LogP contribution < -0.4 is 15.5 Å². The molecule has 0 bridgehead atoms. The number of imidazole rings is 1. The molecule has 1 saturated heterocycles. The van der Waals surface area contributed by atoms with Gasteiger partial charge in [0, 0.05) is 37.9 Å². The first-order valence-electron chi connectivity index (χ1n) is 12.5. The first-order valence-corrected chi connectivity index (χ1v) is 12.5. The lowest BCUT2D eigenvalue weighted by molar-refractivity contribution is -0.0140. The Kier molecular flexibility index (Phi) is 5.77. The van der Waals surface area contributed by atoms with Gasteiger partial charge in [0.1, 0.15) is 5.82 Å². The minimum atomic E-state index is -0.820. The second-order valence-corrected chi connectivity index (χ2v) is 10.4. The van der Waals surface area contributed by atoms with E-state index in [1.54, 1.807) is 35.3 Å². The van der Waals surface area contributed by atoms with Gasteiger partial charge < -0.3 is 20.6 Å². The minimum absolute atomic E-state index is 0.00384. The lowest BCUT2D eigenvalue weighted by Gasteiger charge is -2.45. The van der Waals surface area contributed by atoms with Gasteiger partial charge in [0.25, 0.3) is 5.91 Å². The van der Waals surface area contributed by atoms with Crippen molar-refractivity contribution < 1.29 is 14.3 Å². The van der Waals surface area contributed by atoms with Gasteiger partial charge in [-0.1, -0.05) is 0 Å². The van der Waals surface area contributed by atoms with Crippen molar-refractivity contribution in [3.63, 3.8) is 0 Å². The molecule has 0 unspecified atom stereocenters. The highest BCUT2D eigenvalue weighted by atomic mass is 19.1. The molecule has 11 heteroatoms. The Morgan fingerprint density at radius 1 is 1.13 bits per heavy atom. The van der Waals surface area contributed by atoms with Crippen LogP contribution in [-0.2, 0) is 6.54 Å². The summed E-state index contributed by atoms with van der Waals surface area (Å²) >= 11 is 0. The fraction of sp³-hybridized carbons (Fsp3) is 0.333. The van der Waals surface area contributed by atoms with Crippen molar-refractivity contribution in [3.8, 4) is 11.4 Å². The summed E-state index contributed by atoms with van der Waals surface area (Å²) in [5.74, 6) is -0.0577. The van der Waals surface area contributed by atoms with E-state index in [4.69, 9.17) is 0 Å². The topological polar surface area (TPSA) is 111 Å². The number of nitrogens with one attached hydrogen (secondary N) is 2. The van der Waals surface area contributed by atoms with E-state index in [9.17, 15) is 14.3 Å². The second-order valence-electron chi connectivity index (χ2n) is 10.4. The number of carbonyl (C=O) groups excluding carboxylic acids is 1. The Labute approximate surface area is 219 Å². The molecule has 0 saturated carbocycles. The maximum absolute atomic E-state index is 14.2. The molecule has 1 fully saturated rings. The van der Waals surface area contributed by atoms with E-state index in [1.165, 1.54) is 6.07 Å². The molecule has 3 N–H and O–H groups in total. The van der Waals surface area contributed by atoms with Crippen molar-refractivity contribution in [3.05, 3.63) is 66.0 Å². The van der Waals surface area contributed by atoms with Crippen LogP contribution in [0.4, 0.5) is 21.6 Å². The summed E-state index contributed by atoms with van der Waals surface area (Å²) in [5, 5.41) is 16.7. The fourth-order valence-electron chi connectivity index (χ4n) is 5.36. The van der Waals surface area contributed by atoms with Crippen molar-refractivity contribution in [1.29, 1.82) is 0 Å². The van der Waals surface area contributed by atoms with Crippen LogP contribution in [0.2, 0.25) is 0 Å². The van der Waals surface area contributed by atoms with E-state index >= 15 is 0 Å². The van der Waals surface area contributed by atoms with Gasteiger partial charge in [-0.25, -0.2) is 14.4 Å². The summed E-state index contributed by atoms with van der Waals surface area (Å²) < 4.78 is 15.8. The van der Waals surface area contributed by atoms with Gasteiger partial charge in [-0.05, 0) is 45.2 Å². The van der Waals surface area contributed by atoms with Crippen LogP contribution in [0.5, 0.6) is 0 Å². The first kappa shape index (κ1) is 24.3. The number of fused-ring (bicyclic) bond motifs is 2. The largest absolute Gasteiger partial charge is 0.389 e. The molecule has 4 aromatic heterocycles. The molecule has 0 aromatic carbocycles. The maximum Gasteiger partial charge on any atom is 0.254 e. The van der Waals surface area contributed by atoms with Crippen LogP contribution in [0.3, 0.4) is 0 Å². The van der Waals surface area contributed by atoms with E-state index in [1.807, 2.05) is 33.0 Å². The number of nitrogens with zero attached hydrogens (tertiary/aromatic N) is 6. The molecule has 2 aliphatic rings. The Balaban J connectivity index is 1.27. The number of piperazine rings is 1. The molecule has 0 radical (unpaired) electrons. The number of aliphatic hydroxyl groups is 1. The zero-order valence-electron chi connectivity index (χ0n) is 21.4. The number of hydrogen-bond acceptors (Lipinski definition) is 8. The number of amides is 1. The predicted molar refractivity (Wildman–Crippen MR) is 142 cm³/mol. The van der Waals surface area contributed by atoms with Crippen molar-refractivity contribution in [2.45, 2.75) is 32.0 Å². The highest BCUT2D eigenvalue weighted by Gasteiger charge is 2.35. The lowest BCUT2D eigenvalue weighted by atomic mass is 9.95. The van der Waals surface area contributed by atoms with Gasteiger partial charge in [0.2, 0.25) is 0 Å². The van der Waals surface area contributed by atoms with E-state index in [-0.39, 0.29) is 17.6 Å². The third-order valence-electron chi connectivity index (χ3n) is 7.40. The Morgan fingerprint density at radius 3 is 2.74 bits per heavy atom. The van der Waals surface area contributed by atoms with Gasteiger partial charge >= 0.3 is 0 Å². The molecular formula is C27H29FN8O2. The molecule has 0 aliphatic carbocycles. The monoisotopic (exact) mass is 516 g/mol. The molecule has 1 atom stereocenters. The third kappa shape index (κ3) is 4.13. The molecule has 6 heterocycles. The third-order valence-corrected chi connectivity index (χ3v) is 7.40. The van der Waals surface area contributed by atoms with Crippen molar-refractivity contribution in [2.75, 3.05) is 36.9 Å². The van der Waals surface area contributed by atoms with Gasteiger partial charge in [-0.15, -0.1) is 0 Å². The normalized spacial score (nSPS) is 18.1. The number of rotatable bonds is 5.